The van der Waals surface area contributed by atoms with Gasteiger partial charge in [-0.05, 0) is 12.1 Å². The molecule has 102 valence electrons. The average Bonchev–Trinajstić information content (AvgIpc) is 2.59. The van der Waals surface area contributed by atoms with Gasteiger partial charge in [0, 0.05) is 11.1 Å². The maximum absolute atomic E-state index is 10.5. The molecule has 0 atom stereocenters. The molecule has 2 aromatic rings. The summed E-state index contributed by atoms with van der Waals surface area (Å²) in [6.07, 6.45) is -1.27. The van der Waals surface area contributed by atoms with Crippen LogP contribution in [0.2, 0.25) is 0 Å². The summed E-state index contributed by atoms with van der Waals surface area (Å²) in [6.45, 7) is 0. The van der Waals surface area contributed by atoms with Gasteiger partial charge in [-0.2, -0.15) is 21.0 Å². The minimum absolute atomic E-state index is 0.0590. The summed E-state index contributed by atoms with van der Waals surface area (Å²) in [4.78, 5) is 0. The van der Waals surface area contributed by atoms with Crippen molar-refractivity contribution in [1.29, 1.82) is 21.0 Å². The van der Waals surface area contributed by atoms with Crippen LogP contribution in [-0.2, 0) is 0 Å². The molecule has 0 fully saturated rings. The molecule has 5 nitrogen and oxygen atoms in total. The van der Waals surface area contributed by atoms with Crippen molar-refractivity contribution in [2.75, 3.05) is 0 Å². The van der Waals surface area contributed by atoms with Crippen LogP contribution in [0.5, 0.6) is 0 Å². The van der Waals surface area contributed by atoms with E-state index in [1.54, 1.807) is 12.1 Å². The minimum atomic E-state index is -1.27. The normalized spacial score (nSPS) is 9.36. The molecule has 0 aliphatic carbocycles. The fraction of sp³-hybridized carbons (Fsp3) is 0.0588. The standard InChI is InChI=1S/C17H8N4O/c18-7-11-3-1-5-13(15(11)9-20)17(22)14-6-2-4-12(8-19)16(14)10-21/h1-6,17,22H. The van der Waals surface area contributed by atoms with E-state index in [0.717, 1.165) is 0 Å². The predicted molar refractivity (Wildman–Crippen MR) is 75.8 cm³/mol. The second-order valence-corrected chi connectivity index (χ2v) is 4.39. The van der Waals surface area contributed by atoms with Crippen LogP contribution in [0.3, 0.4) is 0 Å². The van der Waals surface area contributed by atoms with Crippen LogP contribution < -0.4 is 0 Å². The lowest BCUT2D eigenvalue weighted by Crippen LogP contribution is -2.07. The number of benzene rings is 2. The lowest BCUT2D eigenvalue weighted by molar-refractivity contribution is 0.219. The molecule has 0 unspecified atom stereocenters. The van der Waals surface area contributed by atoms with Crippen molar-refractivity contribution in [2.45, 2.75) is 6.10 Å². The number of rotatable bonds is 2. The molecule has 0 heterocycles. The minimum Gasteiger partial charge on any atom is -0.384 e. The van der Waals surface area contributed by atoms with E-state index in [1.165, 1.54) is 24.3 Å². The Morgan fingerprint density at radius 1 is 0.682 bits per heavy atom. The van der Waals surface area contributed by atoms with E-state index in [9.17, 15) is 15.6 Å². The molecule has 0 saturated carbocycles. The van der Waals surface area contributed by atoms with Crippen molar-refractivity contribution in [3.05, 3.63) is 69.8 Å². The molecule has 0 amide bonds. The summed E-state index contributed by atoms with van der Waals surface area (Å²) < 4.78 is 0. The second-order valence-electron chi connectivity index (χ2n) is 4.39. The van der Waals surface area contributed by atoms with Crippen LogP contribution in [0.25, 0.3) is 0 Å². The number of aliphatic hydroxyl groups excluding tert-OH is 1. The molecule has 0 aliphatic rings. The van der Waals surface area contributed by atoms with Crippen molar-refractivity contribution in [1.82, 2.24) is 0 Å². The Kier molecular flexibility index (Phi) is 4.17. The van der Waals surface area contributed by atoms with E-state index in [4.69, 9.17) is 10.5 Å². The third kappa shape index (κ3) is 2.37. The highest BCUT2D eigenvalue weighted by Gasteiger charge is 2.21. The van der Waals surface area contributed by atoms with E-state index >= 15 is 0 Å². The Morgan fingerprint density at radius 3 is 1.41 bits per heavy atom. The van der Waals surface area contributed by atoms with Gasteiger partial charge in [-0.3, -0.25) is 0 Å². The second kappa shape index (κ2) is 6.21. The number of hydrogen-bond donors (Lipinski definition) is 1. The van der Waals surface area contributed by atoms with Gasteiger partial charge in [0.25, 0.3) is 0 Å². The first kappa shape index (κ1) is 14.8. The first-order valence-electron chi connectivity index (χ1n) is 6.22. The van der Waals surface area contributed by atoms with Crippen molar-refractivity contribution in [3.8, 4) is 24.3 Å². The Hall–Kier alpha value is -3.64. The van der Waals surface area contributed by atoms with Crippen molar-refractivity contribution in [2.24, 2.45) is 0 Å². The Bertz CT molecular complexity index is 829. The molecule has 0 spiro atoms. The van der Waals surface area contributed by atoms with E-state index in [1.807, 2.05) is 24.3 Å². The fourth-order valence-electron chi connectivity index (χ4n) is 2.20. The molecule has 0 aromatic heterocycles. The summed E-state index contributed by atoms with van der Waals surface area (Å²) in [7, 11) is 0. The molecule has 1 N–H and O–H groups in total. The molecule has 2 rings (SSSR count). The van der Waals surface area contributed by atoms with Crippen molar-refractivity contribution >= 4 is 0 Å². The van der Waals surface area contributed by atoms with Crippen LogP contribution in [0.1, 0.15) is 39.5 Å². The van der Waals surface area contributed by atoms with Gasteiger partial charge in [-0.25, -0.2) is 0 Å². The van der Waals surface area contributed by atoms with Gasteiger partial charge in [0.1, 0.15) is 30.4 Å². The third-order valence-corrected chi connectivity index (χ3v) is 3.25. The van der Waals surface area contributed by atoms with Gasteiger partial charge in [-0.1, -0.05) is 24.3 Å². The van der Waals surface area contributed by atoms with E-state index in [2.05, 4.69) is 0 Å². The first-order valence-corrected chi connectivity index (χ1v) is 6.22. The first-order chi connectivity index (χ1) is 10.7. The summed E-state index contributed by atoms with van der Waals surface area (Å²) in [5.41, 5.74) is 0.872. The molecular weight excluding hydrogens is 276 g/mol. The molecule has 5 heteroatoms. The molecule has 2 aromatic carbocycles. The highest BCUT2D eigenvalue weighted by molar-refractivity contribution is 5.57. The largest absolute Gasteiger partial charge is 0.384 e. The average molecular weight is 284 g/mol. The highest BCUT2D eigenvalue weighted by Crippen LogP contribution is 2.29. The summed E-state index contributed by atoms with van der Waals surface area (Å²) in [6, 6.07) is 16.7. The van der Waals surface area contributed by atoms with Crippen molar-refractivity contribution in [3.63, 3.8) is 0 Å². The predicted octanol–water partition coefficient (Wildman–Crippen LogP) is 2.26. The summed E-state index contributed by atoms with van der Waals surface area (Å²) in [5.74, 6) is 0. The highest BCUT2D eigenvalue weighted by atomic mass is 16.3. The molecule has 0 bridgehead atoms. The Morgan fingerprint density at radius 2 is 1.09 bits per heavy atom. The van der Waals surface area contributed by atoms with E-state index in [-0.39, 0.29) is 33.4 Å². The van der Waals surface area contributed by atoms with Crippen LogP contribution in [0, 0.1) is 45.3 Å². The zero-order chi connectivity index (χ0) is 16.1. The number of nitriles is 4. The monoisotopic (exact) mass is 284 g/mol. The van der Waals surface area contributed by atoms with Gasteiger partial charge >= 0.3 is 0 Å². The quantitative estimate of drug-likeness (QED) is 0.907. The SMILES string of the molecule is N#Cc1cccc(C(O)c2cccc(C#N)c2C#N)c1C#N. The van der Waals surface area contributed by atoms with Gasteiger partial charge in [0.05, 0.1) is 22.3 Å². The van der Waals surface area contributed by atoms with Gasteiger partial charge in [0.2, 0.25) is 0 Å². The maximum Gasteiger partial charge on any atom is 0.107 e. The van der Waals surface area contributed by atoms with Gasteiger partial charge in [0.15, 0.2) is 0 Å². The molecular formula is C17H8N4O. The maximum atomic E-state index is 10.5. The van der Waals surface area contributed by atoms with Gasteiger partial charge < -0.3 is 5.11 Å². The Balaban J connectivity index is 2.69. The van der Waals surface area contributed by atoms with E-state index in [0.29, 0.717) is 0 Å². The third-order valence-electron chi connectivity index (χ3n) is 3.25. The fourth-order valence-corrected chi connectivity index (χ4v) is 2.20. The topological polar surface area (TPSA) is 115 Å². The zero-order valence-corrected chi connectivity index (χ0v) is 11.3. The van der Waals surface area contributed by atoms with Gasteiger partial charge in [-0.15, -0.1) is 0 Å². The lowest BCUT2D eigenvalue weighted by atomic mass is 9.90. The van der Waals surface area contributed by atoms with Crippen molar-refractivity contribution < 1.29 is 5.11 Å². The van der Waals surface area contributed by atoms with E-state index < -0.39 is 6.10 Å². The lowest BCUT2D eigenvalue weighted by Gasteiger charge is -2.15. The smallest absolute Gasteiger partial charge is 0.107 e. The molecule has 0 radical (unpaired) electrons. The van der Waals surface area contributed by atoms with Crippen LogP contribution in [-0.4, -0.2) is 5.11 Å². The summed E-state index contributed by atoms with van der Waals surface area (Å²) in [5, 5.41) is 47.0. The van der Waals surface area contributed by atoms with Crippen LogP contribution >= 0.6 is 0 Å². The number of aliphatic hydroxyl groups is 1. The van der Waals surface area contributed by atoms with Crippen LogP contribution in [0.15, 0.2) is 36.4 Å². The molecule has 22 heavy (non-hydrogen) atoms. The number of hydrogen-bond acceptors (Lipinski definition) is 5. The molecule has 0 aliphatic heterocycles. The van der Waals surface area contributed by atoms with Crippen LogP contribution in [0.4, 0.5) is 0 Å². The summed E-state index contributed by atoms with van der Waals surface area (Å²) >= 11 is 0. The Labute approximate surface area is 127 Å². The number of nitrogens with zero attached hydrogens (tertiary/aromatic N) is 4. The molecule has 0 saturated heterocycles. The zero-order valence-electron chi connectivity index (χ0n) is 11.3.